The first-order valence-corrected chi connectivity index (χ1v) is 7.05. The van der Waals surface area contributed by atoms with E-state index in [1.54, 1.807) is 19.2 Å². The molecule has 1 heterocycles. The lowest BCUT2D eigenvalue weighted by Crippen LogP contribution is -2.02. The van der Waals surface area contributed by atoms with E-state index in [4.69, 9.17) is 16.3 Å². The maximum atomic E-state index is 13.1. The number of alkyl halides is 1. The first-order chi connectivity index (χ1) is 9.10. The van der Waals surface area contributed by atoms with Crippen molar-refractivity contribution in [2.45, 2.75) is 11.8 Å². The van der Waals surface area contributed by atoms with Crippen LogP contribution in [0.4, 0.5) is 4.39 Å². The van der Waals surface area contributed by atoms with Gasteiger partial charge in [-0.15, -0.1) is 11.6 Å². The third-order valence-electron chi connectivity index (χ3n) is 2.60. The lowest BCUT2D eigenvalue weighted by atomic mass is 10.1. The Morgan fingerprint density at radius 3 is 2.84 bits per heavy atom. The molecule has 0 aliphatic heterocycles. The Bertz CT molecular complexity index is 582. The quantitative estimate of drug-likeness (QED) is 0.587. The van der Waals surface area contributed by atoms with Gasteiger partial charge in [0.15, 0.2) is 0 Å². The Labute approximate surface area is 129 Å². The van der Waals surface area contributed by atoms with E-state index >= 15 is 0 Å². The molecule has 0 amide bonds. The third-order valence-corrected chi connectivity index (χ3v) is 3.92. The van der Waals surface area contributed by atoms with Crippen molar-refractivity contribution in [3.8, 4) is 5.88 Å². The predicted octanol–water partition coefficient (Wildman–Crippen LogP) is 3.75. The van der Waals surface area contributed by atoms with E-state index in [0.29, 0.717) is 12.3 Å². The first kappa shape index (κ1) is 14.5. The van der Waals surface area contributed by atoms with E-state index in [2.05, 4.69) is 32.6 Å². The third kappa shape index (κ3) is 3.76. The maximum Gasteiger partial charge on any atom is 0.216 e. The van der Waals surface area contributed by atoms with Crippen LogP contribution in [0.15, 0.2) is 30.6 Å². The molecule has 19 heavy (non-hydrogen) atoms. The summed E-state index contributed by atoms with van der Waals surface area (Å²) in [7, 11) is 1.55. The molecular weight excluding hydrogens is 382 g/mol. The molecule has 0 saturated heterocycles. The number of ether oxygens (including phenoxy) is 1. The van der Waals surface area contributed by atoms with Gasteiger partial charge in [0.2, 0.25) is 5.88 Å². The number of aromatic nitrogens is 2. The molecular formula is C13H11ClFIN2O. The number of benzene rings is 1. The molecule has 100 valence electrons. The summed E-state index contributed by atoms with van der Waals surface area (Å²) >= 11 is 8.44. The molecule has 2 aromatic rings. The highest BCUT2D eigenvalue weighted by molar-refractivity contribution is 14.1. The van der Waals surface area contributed by atoms with Gasteiger partial charge in [0, 0.05) is 21.8 Å². The molecule has 0 saturated carbocycles. The van der Waals surface area contributed by atoms with Gasteiger partial charge >= 0.3 is 0 Å². The molecule has 3 nitrogen and oxygen atoms in total. The van der Waals surface area contributed by atoms with Crippen LogP contribution in [0.5, 0.6) is 5.88 Å². The van der Waals surface area contributed by atoms with Crippen molar-refractivity contribution < 1.29 is 9.13 Å². The summed E-state index contributed by atoms with van der Waals surface area (Å²) in [6.07, 6.45) is 1.97. The monoisotopic (exact) mass is 392 g/mol. The van der Waals surface area contributed by atoms with Crippen LogP contribution in [0.2, 0.25) is 0 Å². The summed E-state index contributed by atoms with van der Waals surface area (Å²) in [4.78, 5) is 8.09. The van der Waals surface area contributed by atoms with Gasteiger partial charge in [0.05, 0.1) is 12.5 Å². The van der Waals surface area contributed by atoms with Crippen LogP contribution in [0.1, 0.15) is 16.6 Å². The van der Waals surface area contributed by atoms with E-state index in [1.807, 2.05) is 0 Å². The van der Waals surface area contributed by atoms with Gasteiger partial charge in [0.25, 0.3) is 0 Å². The Balaban J connectivity index is 2.17. The van der Waals surface area contributed by atoms with E-state index < -0.39 is 0 Å². The van der Waals surface area contributed by atoms with Gasteiger partial charge in [-0.05, 0) is 40.3 Å². The van der Waals surface area contributed by atoms with Crippen molar-refractivity contribution >= 4 is 34.2 Å². The van der Waals surface area contributed by atoms with E-state index in [9.17, 15) is 4.39 Å². The highest BCUT2D eigenvalue weighted by atomic mass is 127. The van der Waals surface area contributed by atoms with Crippen LogP contribution in [0.3, 0.4) is 0 Å². The molecule has 6 heteroatoms. The zero-order chi connectivity index (χ0) is 13.8. The predicted molar refractivity (Wildman–Crippen MR) is 80.0 cm³/mol. The summed E-state index contributed by atoms with van der Waals surface area (Å²) in [5.74, 6) is 0.239. The Morgan fingerprint density at radius 2 is 2.16 bits per heavy atom. The molecule has 1 unspecified atom stereocenters. The molecule has 0 aliphatic carbocycles. The fraction of sp³-hybridized carbons (Fsp3) is 0.231. The van der Waals surface area contributed by atoms with Crippen molar-refractivity contribution in [3.05, 3.63) is 51.2 Å². The number of methoxy groups -OCH3 is 1. The minimum Gasteiger partial charge on any atom is -0.481 e. The number of hydrogen-bond donors (Lipinski definition) is 0. The molecule has 0 bridgehead atoms. The van der Waals surface area contributed by atoms with Crippen LogP contribution < -0.4 is 4.74 Å². The summed E-state index contributed by atoms with van der Waals surface area (Å²) in [6.45, 7) is 0. The molecule has 0 aliphatic rings. The second-order valence-electron chi connectivity index (χ2n) is 3.89. The number of halogens is 3. The van der Waals surface area contributed by atoms with Crippen LogP contribution in [0.25, 0.3) is 0 Å². The van der Waals surface area contributed by atoms with Gasteiger partial charge in [-0.25, -0.2) is 14.4 Å². The van der Waals surface area contributed by atoms with E-state index in [1.165, 1.54) is 18.5 Å². The summed E-state index contributed by atoms with van der Waals surface area (Å²) in [5, 5.41) is -0.271. The maximum absolute atomic E-state index is 13.1. The van der Waals surface area contributed by atoms with Crippen molar-refractivity contribution in [2.24, 2.45) is 0 Å². The Morgan fingerprint density at radius 1 is 1.37 bits per heavy atom. The van der Waals surface area contributed by atoms with Gasteiger partial charge < -0.3 is 4.74 Å². The van der Waals surface area contributed by atoms with Crippen LogP contribution >= 0.6 is 34.2 Å². The number of hydrogen-bond acceptors (Lipinski definition) is 3. The van der Waals surface area contributed by atoms with Crippen molar-refractivity contribution in [1.29, 1.82) is 0 Å². The highest BCUT2D eigenvalue weighted by Crippen LogP contribution is 2.29. The molecule has 0 radical (unpaired) electrons. The molecule has 0 spiro atoms. The number of nitrogens with zero attached hydrogens (tertiary/aromatic N) is 2. The molecule has 1 atom stereocenters. The van der Waals surface area contributed by atoms with Crippen molar-refractivity contribution in [2.75, 3.05) is 7.11 Å². The highest BCUT2D eigenvalue weighted by Gasteiger charge is 2.14. The van der Waals surface area contributed by atoms with Gasteiger partial charge in [-0.3, -0.25) is 0 Å². The zero-order valence-corrected chi connectivity index (χ0v) is 13.0. The second kappa shape index (κ2) is 6.47. The Hall–Kier alpha value is -0.950. The first-order valence-electron chi connectivity index (χ1n) is 5.54. The van der Waals surface area contributed by atoms with E-state index in [0.717, 1.165) is 14.8 Å². The van der Waals surface area contributed by atoms with Crippen molar-refractivity contribution in [3.63, 3.8) is 0 Å². The van der Waals surface area contributed by atoms with Crippen LogP contribution in [0, 0.1) is 9.39 Å². The molecule has 0 fully saturated rings. The fourth-order valence-electron chi connectivity index (χ4n) is 1.65. The smallest absolute Gasteiger partial charge is 0.216 e. The number of rotatable bonds is 4. The average molecular weight is 393 g/mol. The normalized spacial score (nSPS) is 12.2. The zero-order valence-electron chi connectivity index (χ0n) is 10.1. The van der Waals surface area contributed by atoms with E-state index in [-0.39, 0.29) is 11.2 Å². The van der Waals surface area contributed by atoms with Gasteiger partial charge in [-0.1, -0.05) is 6.07 Å². The van der Waals surface area contributed by atoms with Gasteiger partial charge in [0.1, 0.15) is 12.1 Å². The molecule has 2 rings (SSSR count). The molecule has 1 aromatic carbocycles. The minimum absolute atomic E-state index is 0.263. The molecule has 1 aromatic heterocycles. The van der Waals surface area contributed by atoms with Crippen LogP contribution in [-0.4, -0.2) is 17.1 Å². The summed E-state index contributed by atoms with van der Waals surface area (Å²) < 4.78 is 18.9. The Kier molecular flexibility index (Phi) is 4.93. The van der Waals surface area contributed by atoms with Gasteiger partial charge in [-0.2, -0.15) is 0 Å². The second-order valence-corrected chi connectivity index (χ2v) is 5.58. The standard InChI is InChI=1S/C13H11ClFIN2O/c1-19-13-6-9(17-7-18-13)5-11(14)10-3-2-8(15)4-12(10)16/h2-4,6-7,11H,5H2,1H3. The average Bonchev–Trinajstić information content (AvgIpc) is 2.38. The summed E-state index contributed by atoms with van der Waals surface area (Å²) in [6, 6.07) is 6.32. The fourth-order valence-corrected chi connectivity index (χ4v) is 3.04. The largest absolute Gasteiger partial charge is 0.481 e. The lowest BCUT2D eigenvalue weighted by Gasteiger charge is -2.12. The molecule has 0 N–H and O–H groups in total. The van der Waals surface area contributed by atoms with Crippen molar-refractivity contribution in [1.82, 2.24) is 9.97 Å². The SMILES string of the molecule is COc1cc(CC(Cl)c2ccc(F)cc2I)ncn1. The summed E-state index contributed by atoms with van der Waals surface area (Å²) in [5.41, 5.74) is 1.67. The minimum atomic E-state index is -0.271. The van der Waals surface area contributed by atoms with Crippen LogP contribution in [-0.2, 0) is 6.42 Å². The lowest BCUT2D eigenvalue weighted by molar-refractivity contribution is 0.396. The topological polar surface area (TPSA) is 35.0 Å².